The van der Waals surface area contributed by atoms with E-state index in [0.29, 0.717) is 12.4 Å². The van der Waals surface area contributed by atoms with Crippen molar-refractivity contribution in [2.24, 2.45) is 0 Å². The molecule has 0 radical (unpaired) electrons. The summed E-state index contributed by atoms with van der Waals surface area (Å²) < 4.78 is 17.3. The highest BCUT2D eigenvalue weighted by Crippen LogP contribution is 2.13. The fourth-order valence-corrected chi connectivity index (χ4v) is 0.832. The van der Waals surface area contributed by atoms with Crippen molar-refractivity contribution in [2.45, 2.75) is 6.10 Å². The summed E-state index contributed by atoms with van der Waals surface area (Å²) in [6.07, 6.45) is 0.167. The van der Waals surface area contributed by atoms with Crippen molar-refractivity contribution in [1.82, 2.24) is 0 Å². The third kappa shape index (κ3) is 2.68. The fraction of sp³-hybridized carbons (Fsp3) is 0.333. The molecule has 1 unspecified atom stereocenters. The summed E-state index contributed by atoms with van der Waals surface area (Å²) in [6, 6.07) is 5.63. The zero-order valence-electron chi connectivity index (χ0n) is 6.90. The largest absolute Gasteiger partial charge is 0.370 e. The maximum atomic E-state index is 12.4. The minimum absolute atomic E-state index is 0.167. The molecule has 4 heteroatoms. The van der Waals surface area contributed by atoms with Crippen LogP contribution in [0.15, 0.2) is 24.3 Å². The van der Waals surface area contributed by atoms with E-state index >= 15 is 0 Å². The van der Waals surface area contributed by atoms with E-state index in [0.717, 1.165) is 6.61 Å². The van der Waals surface area contributed by atoms with Crippen molar-refractivity contribution in [3.8, 4) is 5.75 Å². The van der Waals surface area contributed by atoms with Crippen LogP contribution in [0.4, 0.5) is 4.39 Å². The van der Waals surface area contributed by atoms with Gasteiger partial charge in [0.2, 0.25) is 0 Å². The molecule has 0 N–H and O–H groups in total. The molecule has 1 heterocycles. The second kappa shape index (κ2) is 3.72. The molecule has 1 fully saturated rings. The van der Waals surface area contributed by atoms with Crippen LogP contribution >= 0.6 is 0 Å². The van der Waals surface area contributed by atoms with Crippen LogP contribution in [0.5, 0.6) is 5.75 Å². The number of rotatable bonds is 4. The Morgan fingerprint density at radius 2 is 2.08 bits per heavy atom. The molecule has 1 aliphatic rings. The molecule has 0 spiro atoms. The first-order chi connectivity index (χ1) is 6.34. The molecular formula is C9H9FO3. The zero-order chi connectivity index (χ0) is 9.10. The second-order valence-electron chi connectivity index (χ2n) is 2.78. The van der Waals surface area contributed by atoms with E-state index in [1.54, 1.807) is 0 Å². The van der Waals surface area contributed by atoms with E-state index in [2.05, 4.69) is 0 Å². The highest BCUT2D eigenvalue weighted by molar-refractivity contribution is 5.21. The quantitative estimate of drug-likeness (QED) is 0.404. The Kier molecular flexibility index (Phi) is 2.42. The molecule has 70 valence electrons. The number of halogens is 1. The lowest BCUT2D eigenvalue weighted by Gasteiger charge is -2.02. The lowest BCUT2D eigenvalue weighted by molar-refractivity contribution is -0.209. The van der Waals surface area contributed by atoms with Crippen molar-refractivity contribution in [3.63, 3.8) is 0 Å². The Morgan fingerprint density at radius 1 is 1.38 bits per heavy atom. The van der Waals surface area contributed by atoms with Gasteiger partial charge in [0.1, 0.15) is 18.5 Å². The summed E-state index contributed by atoms with van der Waals surface area (Å²) >= 11 is 0. The summed E-state index contributed by atoms with van der Waals surface area (Å²) in [7, 11) is 0. The van der Waals surface area contributed by atoms with Gasteiger partial charge in [-0.3, -0.25) is 0 Å². The van der Waals surface area contributed by atoms with Crippen molar-refractivity contribution in [2.75, 3.05) is 13.2 Å². The van der Waals surface area contributed by atoms with E-state index in [4.69, 9.17) is 14.5 Å². The number of benzene rings is 1. The van der Waals surface area contributed by atoms with Gasteiger partial charge in [0, 0.05) is 0 Å². The van der Waals surface area contributed by atoms with E-state index in [1.165, 1.54) is 24.3 Å². The molecule has 1 aromatic carbocycles. The predicted octanol–water partition coefficient (Wildman–Crippen LogP) is 1.53. The number of ether oxygens (including phenoxy) is 1. The van der Waals surface area contributed by atoms with Crippen LogP contribution in [-0.4, -0.2) is 19.3 Å². The molecular weight excluding hydrogens is 175 g/mol. The Labute approximate surface area is 75.0 Å². The van der Waals surface area contributed by atoms with Gasteiger partial charge in [-0.05, 0) is 24.3 Å². The Bertz CT molecular complexity index is 269. The van der Waals surface area contributed by atoms with Gasteiger partial charge in [0.05, 0.1) is 6.61 Å². The molecule has 1 saturated heterocycles. The SMILES string of the molecule is Fc1ccc(OOCC2CO2)cc1. The summed E-state index contributed by atoms with van der Waals surface area (Å²) in [6.45, 7) is 1.14. The van der Waals surface area contributed by atoms with Crippen molar-refractivity contribution in [3.05, 3.63) is 30.1 Å². The predicted molar refractivity (Wildman–Crippen MR) is 42.7 cm³/mol. The molecule has 0 saturated carbocycles. The highest BCUT2D eigenvalue weighted by atomic mass is 19.1. The van der Waals surface area contributed by atoms with Crippen LogP contribution in [0.25, 0.3) is 0 Å². The van der Waals surface area contributed by atoms with E-state index < -0.39 is 0 Å². The first-order valence-corrected chi connectivity index (χ1v) is 4.01. The number of epoxide rings is 1. The topological polar surface area (TPSA) is 31.0 Å². The third-order valence-corrected chi connectivity index (χ3v) is 1.63. The average Bonchev–Trinajstić information content (AvgIpc) is 2.92. The summed E-state index contributed by atoms with van der Waals surface area (Å²) in [4.78, 5) is 9.70. The monoisotopic (exact) mass is 184 g/mol. The van der Waals surface area contributed by atoms with Gasteiger partial charge >= 0.3 is 0 Å². The van der Waals surface area contributed by atoms with E-state index in [9.17, 15) is 4.39 Å². The van der Waals surface area contributed by atoms with Crippen LogP contribution < -0.4 is 4.89 Å². The molecule has 0 amide bonds. The molecule has 2 rings (SSSR count). The fourth-order valence-electron chi connectivity index (χ4n) is 0.832. The van der Waals surface area contributed by atoms with Gasteiger partial charge in [0.25, 0.3) is 0 Å². The van der Waals surface area contributed by atoms with Gasteiger partial charge in [-0.1, -0.05) is 0 Å². The summed E-state index contributed by atoms with van der Waals surface area (Å²) in [5.74, 6) is 0.194. The minimum atomic E-state index is -0.294. The van der Waals surface area contributed by atoms with Crippen molar-refractivity contribution < 1.29 is 18.9 Å². The molecule has 0 bridgehead atoms. The Hall–Kier alpha value is -1.13. The standard InChI is InChI=1S/C9H9FO3/c10-7-1-3-8(4-2-7)13-12-6-9-5-11-9/h1-4,9H,5-6H2. The molecule has 1 atom stereocenters. The highest BCUT2D eigenvalue weighted by Gasteiger charge is 2.23. The molecule has 1 aromatic rings. The molecule has 0 aliphatic carbocycles. The van der Waals surface area contributed by atoms with Crippen LogP contribution in [-0.2, 0) is 9.62 Å². The maximum Gasteiger partial charge on any atom is 0.165 e. The van der Waals surface area contributed by atoms with Gasteiger partial charge in [-0.25, -0.2) is 4.39 Å². The van der Waals surface area contributed by atoms with Crippen molar-refractivity contribution in [1.29, 1.82) is 0 Å². The van der Waals surface area contributed by atoms with Crippen LogP contribution in [0.1, 0.15) is 0 Å². The summed E-state index contributed by atoms with van der Waals surface area (Å²) in [5, 5.41) is 0. The first-order valence-electron chi connectivity index (χ1n) is 4.01. The number of hydrogen-bond donors (Lipinski definition) is 0. The van der Waals surface area contributed by atoms with Gasteiger partial charge in [0.15, 0.2) is 5.75 Å². The average molecular weight is 184 g/mol. The van der Waals surface area contributed by atoms with Crippen LogP contribution in [0.3, 0.4) is 0 Å². The van der Waals surface area contributed by atoms with Gasteiger partial charge in [-0.15, -0.1) is 0 Å². The Balaban J connectivity index is 1.76. The smallest absolute Gasteiger partial charge is 0.165 e. The third-order valence-electron chi connectivity index (χ3n) is 1.63. The van der Waals surface area contributed by atoms with E-state index in [1.807, 2.05) is 0 Å². The molecule has 0 aromatic heterocycles. The van der Waals surface area contributed by atoms with Crippen LogP contribution in [0, 0.1) is 5.82 Å². The van der Waals surface area contributed by atoms with Crippen LogP contribution in [0.2, 0.25) is 0 Å². The van der Waals surface area contributed by atoms with Gasteiger partial charge < -0.3 is 9.62 Å². The minimum Gasteiger partial charge on any atom is -0.370 e. The lowest BCUT2D eigenvalue weighted by Crippen LogP contribution is -2.04. The zero-order valence-corrected chi connectivity index (χ0v) is 6.90. The first kappa shape index (κ1) is 8.47. The van der Waals surface area contributed by atoms with Gasteiger partial charge in [-0.2, -0.15) is 4.89 Å². The lowest BCUT2D eigenvalue weighted by atomic mass is 10.3. The second-order valence-corrected chi connectivity index (χ2v) is 2.78. The van der Waals surface area contributed by atoms with Crippen molar-refractivity contribution >= 4 is 0 Å². The summed E-state index contributed by atoms with van der Waals surface area (Å²) in [5.41, 5.74) is 0. The molecule has 1 aliphatic heterocycles. The van der Waals surface area contributed by atoms with E-state index in [-0.39, 0.29) is 11.9 Å². The Morgan fingerprint density at radius 3 is 2.69 bits per heavy atom. The normalized spacial score (nSPS) is 19.9. The molecule has 13 heavy (non-hydrogen) atoms. The number of hydrogen-bond acceptors (Lipinski definition) is 3. The maximum absolute atomic E-state index is 12.4. The molecule has 3 nitrogen and oxygen atoms in total.